The van der Waals surface area contributed by atoms with E-state index in [1.165, 1.54) is 9.56 Å². The average Bonchev–Trinajstić information content (AvgIpc) is 2.96. The Morgan fingerprint density at radius 1 is 1.43 bits per heavy atom. The zero-order valence-corrected chi connectivity index (χ0v) is 14.0. The summed E-state index contributed by atoms with van der Waals surface area (Å²) >= 11 is 7.81. The molecule has 0 saturated carbocycles. The zero-order chi connectivity index (χ0) is 15.4. The number of rotatable bonds is 6. The Labute approximate surface area is 133 Å². The largest absolute Gasteiger partial charge is 0.373 e. The van der Waals surface area contributed by atoms with Crippen molar-refractivity contribution in [1.29, 1.82) is 0 Å². The number of thiazole rings is 1. The summed E-state index contributed by atoms with van der Waals surface area (Å²) in [6.07, 6.45) is 5.30. The van der Waals surface area contributed by atoms with Crippen molar-refractivity contribution in [2.45, 2.75) is 46.2 Å². The topological polar surface area (TPSA) is 59.8 Å². The van der Waals surface area contributed by atoms with Gasteiger partial charge in [0.1, 0.15) is 10.0 Å². The molecule has 0 fully saturated rings. The summed E-state index contributed by atoms with van der Waals surface area (Å²) in [4.78, 5) is 17.7. The van der Waals surface area contributed by atoms with Crippen LogP contribution in [0.4, 0.5) is 5.69 Å². The van der Waals surface area contributed by atoms with Crippen molar-refractivity contribution in [3.05, 3.63) is 37.7 Å². The fourth-order valence-electron chi connectivity index (χ4n) is 1.92. The van der Waals surface area contributed by atoms with Crippen molar-refractivity contribution in [2.75, 3.05) is 5.32 Å². The lowest BCUT2D eigenvalue weighted by Gasteiger charge is -2.14. The lowest BCUT2D eigenvalue weighted by Crippen LogP contribution is -2.24. The van der Waals surface area contributed by atoms with Gasteiger partial charge < -0.3 is 5.32 Å². The first kappa shape index (κ1) is 16.0. The molecular weight excluding hydrogens is 308 g/mol. The first-order chi connectivity index (χ1) is 10.1. The quantitative estimate of drug-likeness (QED) is 0.882. The summed E-state index contributed by atoms with van der Waals surface area (Å²) in [5.41, 5.74) is 0.291. The molecule has 0 amide bonds. The molecule has 21 heavy (non-hydrogen) atoms. The molecule has 1 atom stereocenters. The third-order valence-electron chi connectivity index (χ3n) is 3.08. The molecule has 0 aromatic carbocycles. The Balaban J connectivity index is 2.19. The SMILES string of the molecule is CCCn1ncc(NC(C)c2ncc(CC)s2)c(Cl)c1=O. The van der Waals surface area contributed by atoms with Gasteiger partial charge in [-0.2, -0.15) is 5.10 Å². The predicted molar refractivity (Wildman–Crippen MR) is 87.3 cm³/mol. The van der Waals surface area contributed by atoms with Crippen molar-refractivity contribution in [1.82, 2.24) is 14.8 Å². The third kappa shape index (κ3) is 3.63. The molecule has 0 bridgehead atoms. The van der Waals surface area contributed by atoms with Crippen LogP contribution in [-0.4, -0.2) is 14.8 Å². The second-order valence-corrected chi connectivity index (χ2v) is 6.31. The second kappa shape index (κ2) is 7.04. The fourth-order valence-corrected chi connectivity index (χ4v) is 2.98. The minimum absolute atomic E-state index is 0.0176. The van der Waals surface area contributed by atoms with Crippen LogP contribution in [0.2, 0.25) is 5.02 Å². The molecular formula is C14H19ClN4OS. The number of nitrogens with zero attached hydrogens (tertiary/aromatic N) is 3. The van der Waals surface area contributed by atoms with Crippen LogP contribution < -0.4 is 10.9 Å². The Kier molecular flexibility index (Phi) is 5.36. The van der Waals surface area contributed by atoms with Gasteiger partial charge in [0.05, 0.1) is 17.9 Å². The Hall–Kier alpha value is -1.40. The van der Waals surface area contributed by atoms with Gasteiger partial charge in [0.15, 0.2) is 0 Å². The summed E-state index contributed by atoms with van der Waals surface area (Å²) < 4.78 is 1.39. The van der Waals surface area contributed by atoms with Gasteiger partial charge in [-0.3, -0.25) is 4.79 Å². The number of halogens is 1. The molecule has 0 spiro atoms. The van der Waals surface area contributed by atoms with Gasteiger partial charge in [0, 0.05) is 17.6 Å². The van der Waals surface area contributed by atoms with Crippen LogP contribution in [0.1, 0.15) is 43.1 Å². The highest BCUT2D eigenvalue weighted by atomic mass is 35.5. The highest BCUT2D eigenvalue weighted by molar-refractivity contribution is 7.11. The average molecular weight is 327 g/mol. The van der Waals surface area contributed by atoms with Crippen LogP contribution >= 0.6 is 22.9 Å². The lowest BCUT2D eigenvalue weighted by molar-refractivity contribution is 0.568. The Morgan fingerprint density at radius 3 is 2.81 bits per heavy atom. The molecule has 1 N–H and O–H groups in total. The van der Waals surface area contributed by atoms with Crippen LogP contribution in [-0.2, 0) is 13.0 Å². The number of hydrogen-bond donors (Lipinski definition) is 1. The van der Waals surface area contributed by atoms with E-state index in [1.54, 1.807) is 17.5 Å². The summed E-state index contributed by atoms with van der Waals surface area (Å²) in [5, 5.41) is 8.50. The predicted octanol–water partition coefficient (Wildman–Crippen LogP) is 3.50. The molecule has 7 heteroatoms. The Bertz CT molecular complexity index is 667. The maximum Gasteiger partial charge on any atom is 0.287 e. The molecule has 5 nitrogen and oxygen atoms in total. The van der Waals surface area contributed by atoms with Gasteiger partial charge in [0.25, 0.3) is 5.56 Å². The van der Waals surface area contributed by atoms with E-state index in [2.05, 4.69) is 22.3 Å². The summed E-state index contributed by atoms with van der Waals surface area (Å²) in [6.45, 7) is 6.65. The third-order valence-corrected chi connectivity index (χ3v) is 4.77. The van der Waals surface area contributed by atoms with Crippen LogP contribution in [0.3, 0.4) is 0 Å². The van der Waals surface area contributed by atoms with Crippen molar-refractivity contribution in [3.8, 4) is 0 Å². The Morgan fingerprint density at radius 2 is 2.19 bits per heavy atom. The number of anilines is 1. The molecule has 2 aromatic rings. The maximum absolute atomic E-state index is 12.1. The highest BCUT2D eigenvalue weighted by Crippen LogP contribution is 2.26. The highest BCUT2D eigenvalue weighted by Gasteiger charge is 2.14. The monoisotopic (exact) mass is 326 g/mol. The van der Waals surface area contributed by atoms with Gasteiger partial charge in [-0.05, 0) is 19.8 Å². The minimum atomic E-state index is -0.260. The summed E-state index contributed by atoms with van der Waals surface area (Å²) in [6, 6.07) is -0.0176. The van der Waals surface area contributed by atoms with E-state index < -0.39 is 0 Å². The van der Waals surface area contributed by atoms with Crippen molar-refractivity contribution < 1.29 is 0 Å². The van der Waals surface area contributed by atoms with Gasteiger partial charge in [-0.15, -0.1) is 11.3 Å². The fraction of sp³-hybridized carbons (Fsp3) is 0.500. The van der Waals surface area contributed by atoms with Gasteiger partial charge in [-0.25, -0.2) is 9.67 Å². The molecule has 0 aliphatic rings. The lowest BCUT2D eigenvalue weighted by atomic mass is 10.3. The molecule has 2 heterocycles. The van der Waals surface area contributed by atoms with Gasteiger partial charge in [0.2, 0.25) is 0 Å². The van der Waals surface area contributed by atoms with Crippen LogP contribution in [0.15, 0.2) is 17.2 Å². The molecule has 1 unspecified atom stereocenters. The molecule has 2 rings (SSSR count). The summed E-state index contributed by atoms with van der Waals surface area (Å²) in [7, 11) is 0. The molecule has 0 radical (unpaired) electrons. The van der Waals surface area contributed by atoms with Crippen molar-refractivity contribution in [2.24, 2.45) is 0 Å². The minimum Gasteiger partial charge on any atom is -0.373 e. The first-order valence-electron chi connectivity index (χ1n) is 7.03. The summed E-state index contributed by atoms with van der Waals surface area (Å²) in [5.74, 6) is 0. The smallest absolute Gasteiger partial charge is 0.287 e. The number of hydrogen-bond acceptors (Lipinski definition) is 5. The van der Waals surface area contributed by atoms with Crippen LogP contribution in [0, 0.1) is 0 Å². The maximum atomic E-state index is 12.1. The van der Waals surface area contributed by atoms with Crippen molar-refractivity contribution in [3.63, 3.8) is 0 Å². The standard InChI is InChI=1S/C14H19ClN4OS/c1-4-6-19-14(20)12(15)11(8-17-19)18-9(3)13-16-7-10(5-2)21-13/h7-9,18H,4-6H2,1-3H3. The molecule has 114 valence electrons. The van der Waals surface area contributed by atoms with Gasteiger partial charge >= 0.3 is 0 Å². The van der Waals surface area contributed by atoms with E-state index in [0.29, 0.717) is 12.2 Å². The molecule has 0 saturated heterocycles. The molecule has 0 aliphatic heterocycles. The van der Waals surface area contributed by atoms with E-state index in [1.807, 2.05) is 20.0 Å². The zero-order valence-electron chi connectivity index (χ0n) is 12.4. The van der Waals surface area contributed by atoms with Gasteiger partial charge in [-0.1, -0.05) is 25.4 Å². The van der Waals surface area contributed by atoms with E-state index in [0.717, 1.165) is 17.8 Å². The van der Waals surface area contributed by atoms with E-state index in [-0.39, 0.29) is 16.6 Å². The molecule has 0 aliphatic carbocycles. The molecule has 2 aromatic heterocycles. The van der Waals surface area contributed by atoms with Crippen molar-refractivity contribution >= 4 is 28.6 Å². The normalized spacial score (nSPS) is 12.4. The van der Waals surface area contributed by atoms with Crippen LogP contribution in [0.5, 0.6) is 0 Å². The first-order valence-corrected chi connectivity index (χ1v) is 8.23. The number of nitrogens with one attached hydrogen (secondary N) is 1. The number of aromatic nitrogens is 3. The van der Waals surface area contributed by atoms with Crippen LogP contribution in [0.25, 0.3) is 0 Å². The second-order valence-electron chi connectivity index (χ2n) is 4.78. The van der Waals surface area contributed by atoms with E-state index >= 15 is 0 Å². The van der Waals surface area contributed by atoms with E-state index in [4.69, 9.17) is 11.6 Å². The van der Waals surface area contributed by atoms with E-state index in [9.17, 15) is 4.79 Å². The number of aryl methyl sites for hydroxylation is 2.